The molecular weight excluding hydrogens is 638 g/mol. The Morgan fingerprint density at radius 2 is 1.53 bits per heavy atom. The van der Waals surface area contributed by atoms with E-state index in [1.807, 2.05) is 36.6 Å². The van der Waals surface area contributed by atoms with Gasteiger partial charge in [0.05, 0.1) is 18.6 Å². The van der Waals surface area contributed by atoms with Crippen LogP contribution in [0.1, 0.15) is 49.7 Å². The highest BCUT2D eigenvalue weighted by Gasteiger charge is 2.60. The van der Waals surface area contributed by atoms with Gasteiger partial charge in [-0.2, -0.15) is 11.8 Å². The van der Waals surface area contributed by atoms with Crippen LogP contribution in [-0.4, -0.2) is 71.3 Å². The fourth-order valence-corrected chi connectivity index (χ4v) is 8.62. The molecule has 0 radical (unpaired) electrons. The molecule has 8 N–H and O–H groups in total. The zero-order chi connectivity index (χ0) is 32.8. The number of halogens is 1. The Labute approximate surface area is 287 Å². The van der Waals surface area contributed by atoms with Crippen molar-refractivity contribution in [3.8, 4) is 5.75 Å². The lowest BCUT2D eigenvalue weighted by molar-refractivity contribution is -0.150. The first-order valence-corrected chi connectivity index (χ1v) is 17.7. The predicted octanol–water partition coefficient (Wildman–Crippen LogP) is 2.49. The first-order chi connectivity index (χ1) is 22.1. The number of amides is 3. The van der Waals surface area contributed by atoms with Crippen LogP contribution in [0.3, 0.4) is 0 Å². The van der Waals surface area contributed by atoms with Crippen LogP contribution in [0.4, 0.5) is 0 Å². The maximum atomic E-state index is 14.4. The van der Waals surface area contributed by atoms with Crippen LogP contribution < -0.4 is 27.4 Å². The van der Waals surface area contributed by atoms with Gasteiger partial charge >= 0.3 is 0 Å². The monoisotopic (exact) mass is 685 g/mol. The molecule has 47 heavy (non-hydrogen) atoms. The number of thioether (sulfide) groups is 1. The molecule has 256 valence electrons. The molecule has 4 aliphatic rings. The second kappa shape index (κ2) is 16.3. The number of phenolic OH excluding ortho intramolecular Hbond substituents is 1. The summed E-state index contributed by atoms with van der Waals surface area (Å²) in [5, 5.41) is 17.9. The summed E-state index contributed by atoms with van der Waals surface area (Å²) in [4.78, 5) is 53.8. The fourth-order valence-electron chi connectivity index (χ4n) is 8.15. The highest BCUT2D eigenvalue weighted by Crippen LogP contribution is 2.60. The molecule has 0 spiro atoms. The van der Waals surface area contributed by atoms with Crippen molar-refractivity contribution in [3.63, 3.8) is 0 Å². The molecule has 0 saturated heterocycles. The zero-order valence-electron chi connectivity index (χ0n) is 26.9. The maximum absolute atomic E-state index is 14.4. The molecule has 0 aliphatic heterocycles. The van der Waals surface area contributed by atoms with Gasteiger partial charge < -0.3 is 32.5 Å². The van der Waals surface area contributed by atoms with Crippen LogP contribution in [0.25, 0.3) is 0 Å². The van der Waals surface area contributed by atoms with E-state index in [2.05, 4.69) is 16.0 Å². The van der Waals surface area contributed by atoms with Gasteiger partial charge in [-0.15, -0.1) is 12.4 Å². The number of ketones is 1. The Bertz CT molecular complexity index is 1380. The zero-order valence-corrected chi connectivity index (χ0v) is 28.5. The fraction of sp³-hybridized carbons (Fsp3) is 0.543. The number of rotatable bonds is 15. The Morgan fingerprint density at radius 3 is 2.17 bits per heavy atom. The molecule has 4 fully saturated rings. The number of benzene rings is 2. The van der Waals surface area contributed by atoms with E-state index in [0.29, 0.717) is 36.3 Å². The topological polar surface area (TPSA) is 177 Å². The summed E-state index contributed by atoms with van der Waals surface area (Å²) in [5.41, 5.74) is 14.0. The molecule has 0 heterocycles. The average molecular weight is 686 g/mol. The van der Waals surface area contributed by atoms with E-state index in [1.54, 1.807) is 12.1 Å². The Hall–Kier alpha value is -3.12. The van der Waals surface area contributed by atoms with Crippen LogP contribution in [0.15, 0.2) is 54.6 Å². The van der Waals surface area contributed by atoms with Crippen LogP contribution >= 0.6 is 24.2 Å². The molecule has 2 aromatic carbocycles. The van der Waals surface area contributed by atoms with Crippen molar-refractivity contribution < 1.29 is 24.3 Å². The summed E-state index contributed by atoms with van der Waals surface area (Å²) < 4.78 is 0. The van der Waals surface area contributed by atoms with E-state index in [4.69, 9.17) is 11.5 Å². The molecule has 10 nitrogen and oxygen atoms in total. The molecule has 3 unspecified atom stereocenters. The van der Waals surface area contributed by atoms with Crippen molar-refractivity contribution >= 4 is 47.7 Å². The SMILES string of the molecule is CSCC[C@@H](NC(=O)[C@@H](N)Cc1ccc(O)cc1)C(=O)NCC(=O)N[C@@H](Cc1ccccc1)C(=O)C12CC3CC(CC(C3)C1N)C2.Cl. The van der Waals surface area contributed by atoms with Gasteiger partial charge in [0.15, 0.2) is 5.78 Å². The number of nitrogens with one attached hydrogen (secondary N) is 3. The summed E-state index contributed by atoms with van der Waals surface area (Å²) in [6.07, 6.45) is 7.73. The summed E-state index contributed by atoms with van der Waals surface area (Å²) in [6, 6.07) is 13.3. The van der Waals surface area contributed by atoms with Crippen LogP contribution in [0, 0.1) is 23.2 Å². The number of hydrogen-bond donors (Lipinski definition) is 6. The quantitative estimate of drug-likeness (QED) is 0.166. The van der Waals surface area contributed by atoms with Crippen molar-refractivity contribution in [2.75, 3.05) is 18.6 Å². The summed E-state index contributed by atoms with van der Waals surface area (Å²) in [7, 11) is 0. The summed E-state index contributed by atoms with van der Waals surface area (Å²) in [5.74, 6) is 0.652. The highest BCUT2D eigenvalue weighted by atomic mass is 35.5. The molecule has 6 rings (SSSR count). The van der Waals surface area contributed by atoms with E-state index in [-0.39, 0.29) is 42.9 Å². The number of nitrogens with two attached hydrogens (primary N) is 2. The van der Waals surface area contributed by atoms with Gasteiger partial charge in [-0.3, -0.25) is 19.2 Å². The third-order valence-electron chi connectivity index (χ3n) is 10.2. The van der Waals surface area contributed by atoms with Crippen molar-refractivity contribution in [3.05, 3.63) is 65.7 Å². The van der Waals surface area contributed by atoms with Gasteiger partial charge in [0, 0.05) is 11.5 Å². The number of Topliss-reactive ketones (excluding diaryl/α,β-unsaturated/α-hetero) is 1. The van der Waals surface area contributed by atoms with Gasteiger partial charge in [-0.05, 0) is 104 Å². The predicted molar refractivity (Wildman–Crippen MR) is 186 cm³/mol. The summed E-state index contributed by atoms with van der Waals surface area (Å²) >= 11 is 1.53. The molecule has 2 aromatic rings. The van der Waals surface area contributed by atoms with E-state index in [1.165, 1.54) is 23.9 Å². The number of hydrogen-bond acceptors (Lipinski definition) is 8. The van der Waals surface area contributed by atoms with Crippen LogP contribution in [0.2, 0.25) is 0 Å². The minimum atomic E-state index is -0.905. The lowest BCUT2D eigenvalue weighted by Gasteiger charge is -2.60. The first kappa shape index (κ1) is 36.7. The molecule has 3 amide bonds. The second-order valence-corrected chi connectivity index (χ2v) is 14.5. The van der Waals surface area contributed by atoms with Gasteiger partial charge in [0.25, 0.3) is 0 Å². The Kier molecular flexibility index (Phi) is 12.7. The van der Waals surface area contributed by atoms with Crippen molar-refractivity contribution in [1.29, 1.82) is 0 Å². The molecule has 12 heteroatoms. The molecule has 6 atom stereocenters. The first-order valence-electron chi connectivity index (χ1n) is 16.3. The largest absolute Gasteiger partial charge is 0.508 e. The van der Waals surface area contributed by atoms with Crippen molar-refractivity contribution in [2.45, 2.75) is 75.5 Å². The Morgan fingerprint density at radius 1 is 0.894 bits per heavy atom. The number of carbonyl (C=O) groups excluding carboxylic acids is 4. The molecular formula is C35H48ClN5O5S. The van der Waals surface area contributed by atoms with Crippen LogP contribution in [0.5, 0.6) is 5.75 Å². The molecule has 4 saturated carbocycles. The lowest BCUT2D eigenvalue weighted by atomic mass is 9.46. The van der Waals surface area contributed by atoms with Crippen molar-refractivity contribution in [2.24, 2.45) is 34.6 Å². The molecule has 4 aliphatic carbocycles. The normalized spacial score (nSPS) is 25.9. The number of aromatic hydroxyl groups is 1. The maximum Gasteiger partial charge on any atom is 0.243 e. The van der Waals surface area contributed by atoms with Gasteiger partial charge in [-0.1, -0.05) is 42.5 Å². The second-order valence-electron chi connectivity index (χ2n) is 13.5. The van der Waals surface area contributed by atoms with Gasteiger partial charge in [-0.25, -0.2) is 0 Å². The number of carbonyl (C=O) groups is 4. The lowest BCUT2D eigenvalue weighted by Crippen LogP contribution is -2.66. The van der Waals surface area contributed by atoms with E-state index < -0.39 is 41.3 Å². The minimum Gasteiger partial charge on any atom is -0.508 e. The van der Waals surface area contributed by atoms with E-state index >= 15 is 0 Å². The molecule has 4 bridgehead atoms. The van der Waals surface area contributed by atoms with Gasteiger partial charge in [0.2, 0.25) is 17.7 Å². The standard InChI is InChI=1S/C35H47N5O5S.ClH/c1-46-12-11-28(40-33(44)27(36)16-22-7-9-26(41)10-8-22)34(45)38-20-30(42)39-29(17-21-5-3-2-4-6-21)32(43)35-18-23-13-24(19-35)15-25(14-23)31(35)37;/h2-10,23-25,27-29,31,41H,11-20,36-37H2,1H3,(H,38,45)(H,39,42)(H,40,44);1H/t23?,24?,25?,27-,28+,29-,31?,35?;/m0./s1. The summed E-state index contributed by atoms with van der Waals surface area (Å²) in [6.45, 7) is -0.338. The number of phenols is 1. The molecule has 0 aromatic heterocycles. The van der Waals surface area contributed by atoms with Crippen LogP contribution in [-0.2, 0) is 32.0 Å². The average Bonchev–Trinajstić information content (AvgIpc) is 3.04. The third-order valence-corrected chi connectivity index (χ3v) is 10.9. The van der Waals surface area contributed by atoms with E-state index in [9.17, 15) is 24.3 Å². The Balaban J connectivity index is 0.00000500. The highest BCUT2D eigenvalue weighted by molar-refractivity contribution is 7.98. The third kappa shape index (κ3) is 8.87. The minimum absolute atomic E-state index is 0. The van der Waals surface area contributed by atoms with E-state index in [0.717, 1.165) is 43.2 Å². The van der Waals surface area contributed by atoms with Gasteiger partial charge in [0.1, 0.15) is 11.8 Å². The smallest absolute Gasteiger partial charge is 0.243 e. The van der Waals surface area contributed by atoms with Crippen molar-refractivity contribution in [1.82, 2.24) is 16.0 Å².